The van der Waals surface area contributed by atoms with Gasteiger partial charge < -0.3 is 5.32 Å². The van der Waals surface area contributed by atoms with E-state index in [-0.39, 0.29) is 17.6 Å². The molecule has 0 aliphatic heterocycles. The molecule has 0 atom stereocenters. The number of carbonyl (C=O) groups excluding carboxylic acids is 2. The topological polar surface area (TPSA) is 72.0 Å². The molecule has 2 saturated carbocycles. The second kappa shape index (κ2) is 4.18. The van der Waals surface area contributed by atoms with Crippen LogP contribution in [0.3, 0.4) is 0 Å². The lowest BCUT2D eigenvalue weighted by atomic mass is 9.81. The molecular weight excluding hydrogens is 238 g/mol. The smallest absolute Gasteiger partial charge is 0.226 e. The van der Waals surface area contributed by atoms with Gasteiger partial charge in [-0.15, -0.1) is 0 Å². The zero-order valence-electron chi connectivity index (χ0n) is 9.31. The molecule has 2 fully saturated rings. The molecule has 2 aliphatic carbocycles. The van der Waals surface area contributed by atoms with Gasteiger partial charge in [-0.3, -0.25) is 9.59 Å². The van der Waals surface area contributed by atoms with Gasteiger partial charge in [0.1, 0.15) is 11.6 Å². The number of nitrogens with one attached hydrogen (secondary N) is 1. The lowest BCUT2D eigenvalue weighted by molar-refractivity contribution is -0.128. The molecular formula is C11H13N3O2S. The van der Waals surface area contributed by atoms with Crippen molar-refractivity contribution in [2.45, 2.75) is 38.0 Å². The molecule has 1 amide bonds. The van der Waals surface area contributed by atoms with Crippen LogP contribution in [-0.2, 0) is 9.59 Å². The third kappa shape index (κ3) is 2.52. The maximum absolute atomic E-state index is 11.6. The van der Waals surface area contributed by atoms with Crippen molar-refractivity contribution in [2.24, 2.45) is 5.92 Å². The molecule has 0 aromatic carbocycles. The monoisotopic (exact) mass is 251 g/mol. The molecule has 0 saturated heterocycles. The largest absolute Gasteiger partial charge is 0.301 e. The summed E-state index contributed by atoms with van der Waals surface area (Å²) in [5.74, 6) is 1.82. The molecule has 1 heterocycles. The van der Waals surface area contributed by atoms with E-state index in [0.29, 0.717) is 30.3 Å². The van der Waals surface area contributed by atoms with Crippen molar-refractivity contribution in [3.8, 4) is 0 Å². The van der Waals surface area contributed by atoms with Gasteiger partial charge in [-0.1, -0.05) is 0 Å². The Morgan fingerprint density at radius 2 is 2.18 bits per heavy atom. The summed E-state index contributed by atoms with van der Waals surface area (Å²) >= 11 is 1.24. The third-order valence-electron chi connectivity index (χ3n) is 3.14. The van der Waals surface area contributed by atoms with Crippen LogP contribution in [0.4, 0.5) is 5.13 Å². The first kappa shape index (κ1) is 10.8. The predicted molar refractivity (Wildman–Crippen MR) is 62.9 cm³/mol. The number of carbonyl (C=O) groups is 2. The standard InChI is InChI=1S/C11H13N3O2S/c15-8-3-6(4-8)5-9(16)12-11-13-10(14-17-11)7-1-2-7/h6-7H,1-5H2,(H,12,13,14,16). The average Bonchev–Trinajstić information content (AvgIpc) is 2.98. The molecule has 0 spiro atoms. The SMILES string of the molecule is O=C1CC(CC(=O)Nc2nc(C3CC3)ns2)C1. The van der Waals surface area contributed by atoms with E-state index in [1.807, 2.05) is 0 Å². The highest BCUT2D eigenvalue weighted by Gasteiger charge is 2.30. The van der Waals surface area contributed by atoms with Crippen molar-refractivity contribution in [3.05, 3.63) is 5.82 Å². The van der Waals surface area contributed by atoms with Gasteiger partial charge in [0.25, 0.3) is 0 Å². The van der Waals surface area contributed by atoms with E-state index in [1.165, 1.54) is 11.5 Å². The number of aromatic nitrogens is 2. The van der Waals surface area contributed by atoms with Crippen LogP contribution in [0.5, 0.6) is 0 Å². The minimum Gasteiger partial charge on any atom is -0.301 e. The lowest BCUT2D eigenvalue weighted by Gasteiger charge is -2.22. The van der Waals surface area contributed by atoms with E-state index in [4.69, 9.17) is 0 Å². The highest BCUT2D eigenvalue weighted by Crippen LogP contribution is 2.39. The minimum atomic E-state index is -0.0546. The zero-order chi connectivity index (χ0) is 11.8. The Hall–Kier alpha value is -1.30. The first-order valence-corrected chi connectivity index (χ1v) is 6.63. The Morgan fingerprint density at radius 3 is 2.82 bits per heavy atom. The summed E-state index contributed by atoms with van der Waals surface area (Å²) in [6, 6.07) is 0. The second-order valence-corrected chi connectivity index (χ2v) is 5.55. The van der Waals surface area contributed by atoms with Crippen molar-refractivity contribution >= 4 is 28.4 Å². The first-order chi connectivity index (χ1) is 8.20. The van der Waals surface area contributed by atoms with E-state index >= 15 is 0 Å². The summed E-state index contributed by atoms with van der Waals surface area (Å²) < 4.78 is 4.22. The lowest BCUT2D eigenvalue weighted by Crippen LogP contribution is -2.27. The summed E-state index contributed by atoms with van der Waals surface area (Å²) in [5, 5.41) is 3.34. The molecule has 0 unspecified atom stereocenters. The Balaban J connectivity index is 1.51. The van der Waals surface area contributed by atoms with Crippen molar-refractivity contribution in [2.75, 3.05) is 5.32 Å². The number of anilines is 1. The molecule has 90 valence electrons. The summed E-state index contributed by atoms with van der Waals surface area (Å²) in [7, 11) is 0. The third-order valence-corrected chi connectivity index (χ3v) is 3.78. The molecule has 2 aliphatic rings. The van der Waals surface area contributed by atoms with Gasteiger partial charge in [0.05, 0.1) is 0 Å². The fraction of sp³-hybridized carbons (Fsp3) is 0.636. The molecule has 1 N–H and O–H groups in total. The van der Waals surface area contributed by atoms with E-state index in [9.17, 15) is 9.59 Å². The molecule has 17 heavy (non-hydrogen) atoms. The summed E-state index contributed by atoms with van der Waals surface area (Å²) in [6.45, 7) is 0. The van der Waals surface area contributed by atoms with Gasteiger partial charge in [0.15, 0.2) is 0 Å². The van der Waals surface area contributed by atoms with Gasteiger partial charge in [-0.05, 0) is 18.8 Å². The van der Waals surface area contributed by atoms with Crippen molar-refractivity contribution < 1.29 is 9.59 Å². The number of rotatable bonds is 4. The van der Waals surface area contributed by atoms with Gasteiger partial charge in [-0.25, -0.2) is 4.98 Å². The van der Waals surface area contributed by atoms with E-state index in [1.54, 1.807) is 0 Å². The molecule has 0 radical (unpaired) electrons. The van der Waals surface area contributed by atoms with Gasteiger partial charge in [0, 0.05) is 36.7 Å². The summed E-state index contributed by atoms with van der Waals surface area (Å²) in [6.07, 6.45) is 3.85. The Bertz CT molecular complexity index is 459. The summed E-state index contributed by atoms with van der Waals surface area (Å²) in [5.41, 5.74) is 0. The highest BCUT2D eigenvalue weighted by atomic mass is 32.1. The number of ketones is 1. The highest BCUT2D eigenvalue weighted by molar-refractivity contribution is 7.09. The number of amides is 1. The minimum absolute atomic E-state index is 0.0546. The van der Waals surface area contributed by atoms with Crippen LogP contribution in [0.25, 0.3) is 0 Å². The van der Waals surface area contributed by atoms with Crippen LogP contribution in [0.1, 0.15) is 43.8 Å². The van der Waals surface area contributed by atoms with Gasteiger partial charge in [0.2, 0.25) is 11.0 Å². The Kier molecular flexibility index (Phi) is 2.66. The fourth-order valence-corrected chi connectivity index (χ4v) is 2.62. The van der Waals surface area contributed by atoms with Crippen LogP contribution in [0, 0.1) is 5.92 Å². The van der Waals surface area contributed by atoms with Crippen LogP contribution < -0.4 is 5.32 Å². The molecule has 5 nitrogen and oxygen atoms in total. The van der Waals surface area contributed by atoms with Crippen molar-refractivity contribution in [1.82, 2.24) is 9.36 Å². The Labute approximate surface area is 103 Å². The van der Waals surface area contributed by atoms with Crippen LogP contribution in [-0.4, -0.2) is 21.0 Å². The molecule has 0 bridgehead atoms. The van der Waals surface area contributed by atoms with Crippen LogP contribution >= 0.6 is 11.5 Å². The van der Waals surface area contributed by atoms with Gasteiger partial charge >= 0.3 is 0 Å². The number of hydrogen-bond donors (Lipinski definition) is 1. The van der Waals surface area contributed by atoms with Gasteiger partial charge in [-0.2, -0.15) is 4.37 Å². The molecule has 1 aromatic heterocycles. The fourth-order valence-electron chi connectivity index (χ4n) is 1.95. The van der Waals surface area contributed by atoms with Crippen LogP contribution in [0.2, 0.25) is 0 Å². The normalized spacial score (nSPS) is 20.1. The van der Waals surface area contributed by atoms with E-state index in [2.05, 4.69) is 14.7 Å². The van der Waals surface area contributed by atoms with Crippen LogP contribution in [0.15, 0.2) is 0 Å². The zero-order valence-corrected chi connectivity index (χ0v) is 10.1. The molecule has 3 rings (SSSR count). The number of nitrogens with zero attached hydrogens (tertiary/aromatic N) is 2. The second-order valence-electron chi connectivity index (χ2n) is 4.80. The molecule has 1 aromatic rings. The number of hydrogen-bond acceptors (Lipinski definition) is 5. The van der Waals surface area contributed by atoms with E-state index < -0.39 is 0 Å². The Morgan fingerprint density at radius 1 is 1.41 bits per heavy atom. The average molecular weight is 251 g/mol. The maximum Gasteiger partial charge on any atom is 0.226 e. The number of Topliss-reactive ketones (excluding diaryl/α,β-unsaturated/α-hetero) is 1. The maximum atomic E-state index is 11.6. The first-order valence-electron chi connectivity index (χ1n) is 5.86. The van der Waals surface area contributed by atoms with Crippen molar-refractivity contribution in [3.63, 3.8) is 0 Å². The van der Waals surface area contributed by atoms with E-state index in [0.717, 1.165) is 18.7 Å². The van der Waals surface area contributed by atoms with Crippen molar-refractivity contribution in [1.29, 1.82) is 0 Å². The predicted octanol–water partition coefficient (Wildman–Crippen LogP) is 1.72. The summed E-state index contributed by atoms with van der Waals surface area (Å²) in [4.78, 5) is 26.7. The quantitative estimate of drug-likeness (QED) is 0.884. The molecule has 6 heteroatoms.